The van der Waals surface area contributed by atoms with Crippen molar-refractivity contribution >= 4 is 11.8 Å². The lowest BCUT2D eigenvalue weighted by molar-refractivity contribution is 0.0690. The van der Waals surface area contributed by atoms with E-state index in [0.29, 0.717) is 5.82 Å². The van der Waals surface area contributed by atoms with Crippen LogP contribution in [0.5, 0.6) is 0 Å². The number of aromatic carboxylic acids is 1. The van der Waals surface area contributed by atoms with Crippen LogP contribution in [0.3, 0.4) is 0 Å². The molecule has 1 N–H and O–H groups in total. The van der Waals surface area contributed by atoms with Crippen molar-refractivity contribution in [3.63, 3.8) is 0 Å². The topological polar surface area (TPSA) is 80.2 Å². The molecule has 78 valence electrons. The lowest BCUT2D eigenvalue weighted by Crippen LogP contribution is -2.09. The predicted molar refractivity (Wildman–Crippen MR) is 51.0 cm³/mol. The number of carboxylic acid groups (broad SMARTS) is 1. The van der Waals surface area contributed by atoms with Crippen LogP contribution in [0.4, 0.5) is 0 Å². The molecule has 2 rings (SSSR count). The van der Waals surface area contributed by atoms with Crippen molar-refractivity contribution in [3.8, 4) is 0 Å². The Morgan fingerprint density at radius 1 is 1.33 bits per heavy atom. The lowest BCUT2D eigenvalue weighted by Gasteiger charge is -2.02. The molecule has 0 atom stereocenters. The molecule has 1 aromatic heterocycles. The van der Waals surface area contributed by atoms with Crippen LogP contribution in [0.1, 0.15) is 52.5 Å². The number of rotatable bonds is 3. The summed E-state index contributed by atoms with van der Waals surface area (Å²) in [6.07, 6.45) is 1.95. The molecule has 5 nitrogen and oxygen atoms in total. The molecule has 1 saturated carbocycles. The molecule has 1 heterocycles. The second-order valence-electron chi connectivity index (χ2n) is 3.63. The minimum absolute atomic E-state index is 0.0999. The van der Waals surface area contributed by atoms with Crippen molar-refractivity contribution in [2.45, 2.75) is 25.7 Å². The third-order valence-electron chi connectivity index (χ3n) is 2.27. The van der Waals surface area contributed by atoms with Gasteiger partial charge in [0.2, 0.25) is 0 Å². The predicted octanol–water partition coefficient (Wildman–Crippen LogP) is 1.25. The minimum atomic E-state index is -1.12. The number of aromatic nitrogens is 2. The van der Waals surface area contributed by atoms with Crippen molar-refractivity contribution in [3.05, 3.63) is 23.3 Å². The smallest absolute Gasteiger partial charge is 0.354 e. The van der Waals surface area contributed by atoms with Gasteiger partial charge in [-0.25, -0.2) is 14.8 Å². The first-order chi connectivity index (χ1) is 7.08. The van der Waals surface area contributed by atoms with E-state index in [4.69, 9.17) is 5.11 Å². The highest BCUT2D eigenvalue weighted by molar-refractivity contribution is 5.94. The number of nitrogens with zero attached hydrogens (tertiary/aromatic N) is 2. The van der Waals surface area contributed by atoms with E-state index in [1.807, 2.05) is 0 Å². The Hall–Kier alpha value is -1.78. The van der Waals surface area contributed by atoms with Gasteiger partial charge < -0.3 is 5.11 Å². The number of hydrogen-bond donors (Lipinski definition) is 1. The molecule has 1 fully saturated rings. The van der Waals surface area contributed by atoms with E-state index >= 15 is 0 Å². The van der Waals surface area contributed by atoms with Crippen molar-refractivity contribution in [1.82, 2.24) is 9.97 Å². The fraction of sp³-hybridized carbons (Fsp3) is 0.400. The van der Waals surface area contributed by atoms with Gasteiger partial charge in [-0.3, -0.25) is 4.79 Å². The summed E-state index contributed by atoms with van der Waals surface area (Å²) < 4.78 is 0. The Bertz CT molecular complexity index is 406. The second kappa shape index (κ2) is 3.42. The van der Waals surface area contributed by atoms with Gasteiger partial charge in [0.15, 0.2) is 11.5 Å². The van der Waals surface area contributed by atoms with Gasteiger partial charge in [-0.2, -0.15) is 0 Å². The molecule has 0 bridgehead atoms. The Labute approximate surface area is 86.2 Å². The summed E-state index contributed by atoms with van der Waals surface area (Å²) in [6, 6.07) is 1.22. The fourth-order valence-electron chi connectivity index (χ4n) is 1.28. The van der Waals surface area contributed by atoms with Gasteiger partial charge in [0.25, 0.3) is 0 Å². The molecule has 0 saturated heterocycles. The van der Waals surface area contributed by atoms with Crippen LogP contribution in [0.25, 0.3) is 0 Å². The largest absolute Gasteiger partial charge is 0.477 e. The van der Waals surface area contributed by atoms with Gasteiger partial charge in [-0.05, 0) is 12.8 Å². The standard InChI is InChI=1S/C10H10N2O3/c1-5(13)7-4-8(10(14)15)12-9(11-7)6-2-3-6/h4,6H,2-3H2,1H3,(H,14,15). The molecule has 0 aliphatic heterocycles. The Morgan fingerprint density at radius 2 is 1.93 bits per heavy atom. The van der Waals surface area contributed by atoms with Gasteiger partial charge in [-0.15, -0.1) is 0 Å². The Balaban J connectivity index is 2.47. The molecule has 1 aliphatic carbocycles. The average Bonchev–Trinajstić information content (AvgIpc) is 3.00. The van der Waals surface area contributed by atoms with Crippen LogP contribution in [-0.2, 0) is 0 Å². The monoisotopic (exact) mass is 206 g/mol. The zero-order chi connectivity index (χ0) is 11.0. The zero-order valence-corrected chi connectivity index (χ0v) is 8.23. The highest BCUT2D eigenvalue weighted by Crippen LogP contribution is 2.38. The summed E-state index contributed by atoms with van der Waals surface area (Å²) in [4.78, 5) is 29.9. The maximum absolute atomic E-state index is 11.1. The first-order valence-electron chi connectivity index (χ1n) is 4.71. The number of Topliss-reactive ketones (excluding diaryl/α,β-unsaturated/α-hetero) is 1. The van der Waals surface area contributed by atoms with Gasteiger partial charge in [-0.1, -0.05) is 0 Å². The number of carboxylic acids is 1. The molecule has 15 heavy (non-hydrogen) atoms. The van der Waals surface area contributed by atoms with Gasteiger partial charge >= 0.3 is 5.97 Å². The lowest BCUT2D eigenvalue weighted by atomic mass is 10.2. The maximum atomic E-state index is 11.1. The molecule has 0 radical (unpaired) electrons. The second-order valence-corrected chi connectivity index (χ2v) is 3.63. The first kappa shape index (κ1) is 9.76. The number of ketones is 1. The van der Waals surface area contributed by atoms with E-state index in [-0.39, 0.29) is 23.1 Å². The molecule has 1 aliphatic rings. The molecular formula is C10H10N2O3. The van der Waals surface area contributed by atoms with Crippen LogP contribution in [0.15, 0.2) is 6.07 Å². The Kier molecular flexibility index (Phi) is 2.22. The van der Waals surface area contributed by atoms with Gasteiger partial charge in [0.1, 0.15) is 11.5 Å². The number of hydrogen-bond acceptors (Lipinski definition) is 4. The van der Waals surface area contributed by atoms with Crippen molar-refractivity contribution in [2.75, 3.05) is 0 Å². The molecular weight excluding hydrogens is 196 g/mol. The minimum Gasteiger partial charge on any atom is -0.477 e. The van der Waals surface area contributed by atoms with Crippen LogP contribution < -0.4 is 0 Å². The SMILES string of the molecule is CC(=O)c1cc(C(=O)O)nc(C2CC2)n1. The van der Waals surface area contributed by atoms with Crippen molar-refractivity contribution in [1.29, 1.82) is 0 Å². The molecule has 0 aromatic carbocycles. The summed E-state index contributed by atoms with van der Waals surface area (Å²) in [7, 11) is 0. The molecule has 0 spiro atoms. The van der Waals surface area contributed by atoms with E-state index in [9.17, 15) is 9.59 Å². The maximum Gasteiger partial charge on any atom is 0.354 e. The highest BCUT2D eigenvalue weighted by Gasteiger charge is 2.28. The zero-order valence-electron chi connectivity index (χ0n) is 8.23. The number of carbonyl (C=O) groups excluding carboxylic acids is 1. The van der Waals surface area contributed by atoms with E-state index < -0.39 is 5.97 Å². The summed E-state index contributed by atoms with van der Waals surface area (Å²) >= 11 is 0. The van der Waals surface area contributed by atoms with Crippen molar-refractivity contribution in [2.24, 2.45) is 0 Å². The van der Waals surface area contributed by atoms with E-state index in [2.05, 4.69) is 9.97 Å². The quantitative estimate of drug-likeness (QED) is 0.753. The molecule has 1 aromatic rings. The third-order valence-corrected chi connectivity index (χ3v) is 2.27. The molecule has 0 unspecified atom stereocenters. The average molecular weight is 206 g/mol. The highest BCUT2D eigenvalue weighted by atomic mass is 16.4. The summed E-state index contributed by atoms with van der Waals surface area (Å²) in [5.74, 6) is -0.633. The normalized spacial score (nSPS) is 15.0. The van der Waals surface area contributed by atoms with Gasteiger partial charge in [0, 0.05) is 18.9 Å². The van der Waals surface area contributed by atoms with E-state index in [1.165, 1.54) is 13.0 Å². The molecule has 5 heteroatoms. The summed E-state index contributed by atoms with van der Waals surface area (Å²) in [5.41, 5.74) is 0.0846. The third kappa shape index (κ3) is 2.01. The Morgan fingerprint density at radius 3 is 2.40 bits per heavy atom. The van der Waals surface area contributed by atoms with E-state index in [0.717, 1.165) is 12.8 Å². The molecule has 0 amide bonds. The number of carbonyl (C=O) groups is 2. The first-order valence-corrected chi connectivity index (χ1v) is 4.71. The summed E-state index contributed by atoms with van der Waals surface area (Å²) in [6.45, 7) is 1.37. The van der Waals surface area contributed by atoms with Crippen LogP contribution in [0.2, 0.25) is 0 Å². The van der Waals surface area contributed by atoms with Crippen LogP contribution in [-0.4, -0.2) is 26.8 Å². The summed E-state index contributed by atoms with van der Waals surface area (Å²) in [5, 5.41) is 8.82. The van der Waals surface area contributed by atoms with Crippen LogP contribution in [0, 0.1) is 0 Å². The fourth-order valence-corrected chi connectivity index (χ4v) is 1.28. The van der Waals surface area contributed by atoms with Crippen LogP contribution >= 0.6 is 0 Å². The van der Waals surface area contributed by atoms with E-state index in [1.54, 1.807) is 0 Å². The van der Waals surface area contributed by atoms with Crippen molar-refractivity contribution < 1.29 is 14.7 Å². The van der Waals surface area contributed by atoms with Gasteiger partial charge in [0.05, 0.1) is 0 Å².